The normalized spacial score (nSPS) is 11.8. The van der Waals surface area contributed by atoms with Crippen LogP contribution in [0.1, 0.15) is 47.5 Å². The van der Waals surface area contributed by atoms with Gasteiger partial charge in [0.1, 0.15) is 18.0 Å². The van der Waals surface area contributed by atoms with Crippen LogP contribution >= 0.6 is 0 Å². The van der Waals surface area contributed by atoms with Crippen LogP contribution in [0.4, 0.5) is 5.82 Å². The summed E-state index contributed by atoms with van der Waals surface area (Å²) in [6, 6.07) is 6.91. The average molecular weight is 517 g/mol. The first-order valence-corrected chi connectivity index (χ1v) is 12.4. The molecular formula is C27H40N4O6. The maximum atomic E-state index is 13.0. The van der Waals surface area contributed by atoms with E-state index < -0.39 is 12.0 Å². The van der Waals surface area contributed by atoms with Crippen molar-refractivity contribution in [2.45, 2.75) is 60.0 Å². The number of carbonyl (C=O) groups is 3. The van der Waals surface area contributed by atoms with E-state index in [4.69, 9.17) is 14.6 Å². The number of benzene rings is 1. The minimum absolute atomic E-state index is 0.0130. The maximum absolute atomic E-state index is 13.0. The Morgan fingerprint density at radius 3 is 2.14 bits per heavy atom. The van der Waals surface area contributed by atoms with E-state index in [1.54, 1.807) is 19.1 Å². The number of ether oxygens (including phenoxy) is 3. The summed E-state index contributed by atoms with van der Waals surface area (Å²) in [6.45, 7) is 10.0. The van der Waals surface area contributed by atoms with Gasteiger partial charge >= 0.3 is 5.97 Å². The Hall–Kier alpha value is -3.56. The van der Waals surface area contributed by atoms with Gasteiger partial charge in [-0.2, -0.15) is 5.10 Å². The number of amides is 2. The van der Waals surface area contributed by atoms with Crippen LogP contribution in [-0.2, 0) is 25.7 Å². The summed E-state index contributed by atoms with van der Waals surface area (Å²) in [4.78, 5) is 38.8. The van der Waals surface area contributed by atoms with Gasteiger partial charge in [-0.3, -0.25) is 24.0 Å². The first-order valence-electron chi connectivity index (χ1n) is 12.4. The van der Waals surface area contributed by atoms with Gasteiger partial charge in [0.05, 0.1) is 32.6 Å². The number of aromatic nitrogens is 2. The fourth-order valence-electron chi connectivity index (χ4n) is 4.27. The molecule has 37 heavy (non-hydrogen) atoms. The van der Waals surface area contributed by atoms with Gasteiger partial charge in [-0.15, -0.1) is 0 Å². The van der Waals surface area contributed by atoms with Crippen molar-refractivity contribution < 1.29 is 28.6 Å². The van der Waals surface area contributed by atoms with Gasteiger partial charge in [0, 0.05) is 32.0 Å². The molecule has 0 saturated heterocycles. The molecule has 0 saturated carbocycles. The molecule has 2 rings (SSSR count). The molecule has 0 aliphatic carbocycles. The van der Waals surface area contributed by atoms with Crippen LogP contribution in [0.3, 0.4) is 0 Å². The first-order chi connectivity index (χ1) is 17.5. The van der Waals surface area contributed by atoms with Gasteiger partial charge in [-0.1, -0.05) is 33.8 Å². The van der Waals surface area contributed by atoms with Crippen LogP contribution in [0.5, 0.6) is 11.5 Å². The number of carbonyl (C=O) groups excluding carboxylic acids is 3. The summed E-state index contributed by atoms with van der Waals surface area (Å²) in [5, 5.41) is 7.40. The van der Waals surface area contributed by atoms with Gasteiger partial charge in [-0.25, -0.2) is 0 Å². The van der Waals surface area contributed by atoms with E-state index in [9.17, 15) is 14.4 Å². The largest absolute Gasteiger partial charge is 0.496 e. The summed E-state index contributed by atoms with van der Waals surface area (Å²) >= 11 is 0. The van der Waals surface area contributed by atoms with Gasteiger partial charge in [0.2, 0.25) is 11.8 Å². The number of nitrogens with zero attached hydrogens (tertiary/aromatic N) is 3. The molecule has 10 heteroatoms. The van der Waals surface area contributed by atoms with E-state index in [0.29, 0.717) is 30.3 Å². The van der Waals surface area contributed by atoms with E-state index in [2.05, 4.69) is 23.9 Å². The molecular weight excluding hydrogens is 476 g/mol. The Morgan fingerprint density at radius 1 is 1.03 bits per heavy atom. The van der Waals surface area contributed by atoms with E-state index in [-0.39, 0.29) is 36.6 Å². The highest BCUT2D eigenvalue weighted by molar-refractivity contribution is 5.93. The zero-order valence-corrected chi connectivity index (χ0v) is 23.2. The highest BCUT2D eigenvalue weighted by atomic mass is 16.5. The Balaban J connectivity index is 2.59. The van der Waals surface area contributed by atoms with Crippen molar-refractivity contribution in [3.05, 3.63) is 24.3 Å². The number of anilines is 1. The zero-order valence-electron chi connectivity index (χ0n) is 23.2. The number of hydrogen-bond donors (Lipinski definition) is 1. The van der Waals surface area contributed by atoms with Crippen LogP contribution in [0.15, 0.2) is 24.3 Å². The van der Waals surface area contributed by atoms with Crippen LogP contribution in [0, 0.1) is 11.8 Å². The molecule has 10 nitrogen and oxygen atoms in total. The van der Waals surface area contributed by atoms with E-state index in [1.165, 1.54) is 14.0 Å². The fraction of sp³-hybridized carbons (Fsp3) is 0.556. The summed E-state index contributed by atoms with van der Waals surface area (Å²) < 4.78 is 17.7. The highest BCUT2D eigenvalue weighted by Crippen LogP contribution is 2.40. The molecule has 0 bridgehead atoms. The second-order valence-corrected chi connectivity index (χ2v) is 9.73. The molecule has 0 aliphatic heterocycles. The monoisotopic (exact) mass is 516 g/mol. The summed E-state index contributed by atoms with van der Waals surface area (Å²) in [7, 11) is 4.45. The standard InChI is InChI=1S/C27H40N4O6/c1-17(2)12-20(13-25(33)28-15-26(34)37-8)31(19(5)32)24-14-21(30(29-24)16-18(3)4)27-22(35-6)10-9-11-23(27)36-7/h9-11,14,17-18,20H,12-13,15-16H2,1-8H3,(H,28,33)/t20-/m0/s1. The lowest BCUT2D eigenvalue weighted by atomic mass is 9.99. The molecule has 2 aromatic rings. The Kier molecular flexibility index (Phi) is 11.0. The third-order valence-electron chi connectivity index (χ3n) is 5.76. The molecule has 204 valence electrons. The maximum Gasteiger partial charge on any atom is 0.325 e. The minimum Gasteiger partial charge on any atom is -0.496 e. The van der Waals surface area contributed by atoms with Crippen molar-refractivity contribution in [3.8, 4) is 22.8 Å². The van der Waals surface area contributed by atoms with Crippen LogP contribution in [0.25, 0.3) is 11.3 Å². The smallest absolute Gasteiger partial charge is 0.325 e. The molecule has 0 fully saturated rings. The van der Waals surface area contributed by atoms with Crippen molar-refractivity contribution in [3.63, 3.8) is 0 Å². The van der Waals surface area contributed by atoms with Gasteiger partial charge < -0.3 is 19.5 Å². The predicted molar refractivity (Wildman–Crippen MR) is 142 cm³/mol. The lowest BCUT2D eigenvalue weighted by molar-refractivity contribution is -0.141. The Labute approximate surface area is 219 Å². The third-order valence-corrected chi connectivity index (χ3v) is 5.76. The molecule has 1 atom stereocenters. The molecule has 1 aromatic heterocycles. The second-order valence-electron chi connectivity index (χ2n) is 9.73. The Morgan fingerprint density at radius 2 is 1.65 bits per heavy atom. The molecule has 0 unspecified atom stereocenters. The molecule has 0 radical (unpaired) electrons. The SMILES string of the molecule is COC(=O)CNC(=O)C[C@H](CC(C)C)N(C(C)=O)c1cc(-c2c(OC)cccc2OC)n(CC(C)C)n1. The number of esters is 1. The minimum atomic E-state index is -0.542. The first kappa shape index (κ1) is 29.7. The lowest BCUT2D eigenvalue weighted by Crippen LogP contribution is -2.44. The van der Waals surface area contributed by atoms with Crippen LogP contribution < -0.4 is 19.7 Å². The number of methoxy groups -OCH3 is 3. The second kappa shape index (κ2) is 13.7. The number of hydrogen-bond acceptors (Lipinski definition) is 7. The number of rotatable bonds is 13. The third kappa shape index (κ3) is 7.96. The molecule has 1 N–H and O–H groups in total. The van der Waals surface area contributed by atoms with Crippen LogP contribution in [0.2, 0.25) is 0 Å². The van der Waals surface area contributed by atoms with Gasteiger partial charge in [-0.05, 0) is 30.4 Å². The fourth-order valence-corrected chi connectivity index (χ4v) is 4.27. The summed E-state index contributed by atoms with van der Waals surface area (Å²) in [5.74, 6) is 1.01. The average Bonchev–Trinajstić information content (AvgIpc) is 3.22. The van der Waals surface area contributed by atoms with Crippen molar-refractivity contribution in [1.29, 1.82) is 0 Å². The van der Waals surface area contributed by atoms with Crippen molar-refractivity contribution in [2.24, 2.45) is 11.8 Å². The Bertz CT molecular complexity index is 1060. The molecule has 0 aliphatic rings. The predicted octanol–water partition coefficient (Wildman–Crippen LogP) is 3.67. The topological polar surface area (TPSA) is 112 Å². The molecule has 2 amide bonds. The van der Waals surface area contributed by atoms with Gasteiger partial charge in [0.15, 0.2) is 5.82 Å². The van der Waals surface area contributed by atoms with Crippen LogP contribution in [-0.4, -0.2) is 61.5 Å². The zero-order chi connectivity index (χ0) is 27.7. The number of nitrogens with one attached hydrogen (secondary N) is 1. The van der Waals surface area contributed by atoms with Gasteiger partial charge in [0.25, 0.3) is 0 Å². The molecule has 1 heterocycles. The van der Waals surface area contributed by atoms with Crippen molar-refractivity contribution in [2.75, 3.05) is 32.8 Å². The van der Waals surface area contributed by atoms with Crippen molar-refractivity contribution in [1.82, 2.24) is 15.1 Å². The quantitative estimate of drug-likeness (QED) is 0.404. The summed E-state index contributed by atoms with van der Waals surface area (Å²) in [6.07, 6.45) is 0.578. The molecule has 1 aromatic carbocycles. The lowest BCUT2D eigenvalue weighted by Gasteiger charge is -2.30. The summed E-state index contributed by atoms with van der Waals surface area (Å²) in [5.41, 5.74) is 1.47. The molecule has 0 spiro atoms. The highest BCUT2D eigenvalue weighted by Gasteiger charge is 2.30. The van der Waals surface area contributed by atoms with Crippen molar-refractivity contribution >= 4 is 23.6 Å². The van der Waals surface area contributed by atoms with E-state index in [0.717, 1.165) is 11.3 Å². The van der Waals surface area contributed by atoms with E-state index >= 15 is 0 Å². The van der Waals surface area contributed by atoms with E-state index in [1.807, 2.05) is 42.8 Å².